The van der Waals surface area contributed by atoms with Crippen molar-refractivity contribution in [3.8, 4) is 0 Å². The molecule has 0 spiro atoms. The molecule has 0 aliphatic carbocycles. The Kier molecular flexibility index (Phi) is 6.34. The van der Waals surface area contributed by atoms with E-state index in [9.17, 15) is 9.59 Å². The van der Waals surface area contributed by atoms with Gasteiger partial charge in [-0.3, -0.25) is 4.90 Å². The second-order valence-electron chi connectivity index (χ2n) is 6.34. The SMILES string of the molecule is CCOC(=O)C1=C(C)N(c2cccc(Br)c2)C(=S)N[C@@H]1c1ccc(C(=O)O)cc1. The molecule has 1 aliphatic heterocycles. The van der Waals surface area contributed by atoms with Gasteiger partial charge in [0.25, 0.3) is 0 Å². The zero-order valence-corrected chi connectivity index (χ0v) is 18.2. The Morgan fingerprint density at radius 1 is 1.24 bits per heavy atom. The molecule has 1 heterocycles. The van der Waals surface area contributed by atoms with Gasteiger partial charge < -0.3 is 15.2 Å². The second kappa shape index (κ2) is 8.75. The zero-order chi connectivity index (χ0) is 21.1. The minimum Gasteiger partial charge on any atom is -0.478 e. The number of carbonyl (C=O) groups excluding carboxylic acids is 1. The van der Waals surface area contributed by atoms with Gasteiger partial charge in [-0.1, -0.05) is 34.1 Å². The van der Waals surface area contributed by atoms with Crippen molar-refractivity contribution in [2.45, 2.75) is 19.9 Å². The predicted octanol–water partition coefficient (Wildman–Crippen LogP) is 4.42. The first kappa shape index (κ1) is 21.0. The van der Waals surface area contributed by atoms with Crippen LogP contribution in [0.15, 0.2) is 64.3 Å². The number of benzene rings is 2. The average molecular weight is 475 g/mol. The molecule has 0 saturated heterocycles. The number of aromatic carboxylic acids is 1. The van der Waals surface area contributed by atoms with Crippen molar-refractivity contribution in [3.63, 3.8) is 0 Å². The Morgan fingerprint density at radius 3 is 2.52 bits per heavy atom. The number of halogens is 1. The van der Waals surface area contributed by atoms with E-state index >= 15 is 0 Å². The van der Waals surface area contributed by atoms with Crippen LogP contribution >= 0.6 is 28.1 Å². The van der Waals surface area contributed by atoms with E-state index in [0.29, 0.717) is 21.9 Å². The summed E-state index contributed by atoms with van der Waals surface area (Å²) in [5.41, 5.74) is 2.76. The van der Waals surface area contributed by atoms with E-state index in [-0.39, 0.29) is 12.2 Å². The number of hydrogen-bond donors (Lipinski definition) is 2. The monoisotopic (exact) mass is 474 g/mol. The molecule has 0 bridgehead atoms. The third-order valence-corrected chi connectivity index (χ3v) is 5.33. The fourth-order valence-electron chi connectivity index (χ4n) is 3.21. The lowest BCUT2D eigenvalue weighted by molar-refractivity contribution is -0.139. The van der Waals surface area contributed by atoms with Crippen LogP contribution in [0.4, 0.5) is 5.69 Å². The zero-order valence-electron chi connectivity index (χ0n) is 15.8. The molecule has 0 amide bonds. The standard InChI is InChI=1S/C21H19BrN2O4S/c1-3-28-20(27)17-12(2)24(16-6-4-5-15(22)11-16)21(29)23-18(17)13-7-9-14(10-8-13)19(25)26/h4-11,18H,3H2,1-2H3,(H,23,29)(H,25,26)/t18-/m1/s1. The molecule has 2 aromatic rings. The molecule has 2 N–H and O–H groups in total. The molecular weight excluding hydrogens is 456 g/mol. The Hall–Kier alpha value is -2.71. The Morgan fingerprint density at radius 2 is 1.93 bits per heavy atom. The van der Waals surface area contributed by atoms with Gasteiger partial charge in [-0.25, -0.2) is 9.59 Å². The summed E-state index contributed by atoms with van der Waals surface area (Å²) in [6.07, 6.45) is 0. The van der Waals surface area contributed by atoms with E-state index in [0.717, 1.165) is 10.2 Å². The minimum absolute atomic E-state index is 0.168. The average Bonchev–Trinajstić information content (AvgIpc) is 2.67. The minimum atomic E-state index is -1.01. The molecule has 1 aliphatic rings. The predicted molar refractivity (Wildman–Crippen MR) is 118 cm³/mol. The van der Waals surface area contributed by atoms with Crippen molar-refractivity contribution >= 4 is 50.9 Å². The van der Waals surface area contributed by atoms with Gasteiger partial charge in [0, 0.05) is 15.9 Å². The van der Waals surface area contributed by atoms with E-state index in [4.69, 9.17) is 22.1 Å². The third-order valence-electron chi connectivity index (χ3n) is 4.54. The molecule has 0 fully saturated rings. The number of allylic oxidation sites excluding steroid dienone is 1. The molecule has 8 heteroatoms. The number of anilines is 1. The van der Waals surface area contributed by atoms with Gasteiger partial charge >= 0.3 is 11.9 Å². The highest BCUT2D eigenvalue weighted by molar-refractivity contribution is 9.10. The van der Waals surface area contributed by atoms with Gasteiger partial charge in [0.1, 0.15) is 0 Å². The molecule has 6 nitrogen and oxygen atoms in total. The molecule has 150 valence electrons. The number of carboxylic acids is 1. The number of nitrogens with one attached hydrogen (secondary N) is 1. The van der Waals surface area contributed by atoms with E-state index < -0.39 is 18.0 Å². The van der Waals surface area contributed by atoms with Crippen LogP contribution in [0.2, 0.25) is 0 Å². The number of nitrogens with zero attached hydrogens (tertiary/aromatic N) is 1. The summed E-state index contributed by atoms with van der Waals surface area (Å²) >= 11 is 9.06. The summed E-state index contributed by atoms with van der Waals surface area (Å²) in [5, 5.41) is 12.8. The number of carboxylic acid groups (broad SMARTS) is 1. The maximum atomic E-state index is 12.8. The highest BCUT2D eigenvalue weighted by Crippen LogP contribution is 2.35. The molecule has 0 aromatic heterocycles. The lowest BCUT2D eigenvalue weighted by atomic mass is 9.94. The largest absolute Gasteiger partial charge is 0.478 e. The van der Waals surface area contributed by atoms with Crippen LogP contribution in [-0.2, 0) is 9.53 Å². The summed E-state index contributed by atoms with van der Waals surface area (Å²) in [6.45, 7) is 3.80. The summed E-state index contributed by atoms with van der Waals surface area (Å²) in [6, 6.07) is 13.4. The Bertz CT molecular complexity index is 1000. The number of thiocarbonyl (C=S) groups is 1. The maximum Gasteiger partial charge on any atom is 0.338 e. The van der Waals surface area contributed by atoms with Crippen LogP contribution in [0.3, 0.4) is 0 Å². The van der Waals surface area contributed by atoms with Crippen LogP contribution in [0.25, 0.3) is 0 Å². The van der Waals surface area contributed by atoms with E-state index in [1.165, 1.54) is 12.1 Å². The van der Waals surface area contributed by atoms with E-state index in [2.05, 4.69) is 21.2 Å². The van der Waals surface area contributed by atoms with Gasteiger partial charge in [0.15, 0.2) is 5.11 Å². The van der Waals surface area contributed by atoms with Crippen molar-refractivity contribution in [1.29, 1.82) is 0 Å². The molecule has 0 radical (unpaired) electrons. The van der Waals surface area contributed by atoms with Crippen LogP contribution in [0, 0.1) is 0 Å². The second-order valence-corrected chi connectivity index (χ2v) is 7.65. The molecule has 0 unspecified atom stereocenters. The van der Waals surface area contributed by atoms with Crippen LogP contribution in [0.1, 0.15) is 35.8 Å². The van der Waals surface area contributed by atoms with Crippen molar-refractivity contribution in [2.24, 2.45) is 0 Å². The highest BCUT2D eigenvalue weighted by Gasteiger charge is 2.35. The number of ether oxygens (including phenoxy) is 1. The molecule has 29 heavy (non-hydrogen) atoms. The van der Waals surface area contributed by atoms with E-state index in [1.807, 2.05) is 31.2 Å². The number of hydrogen-bond acceptors (Lipinski definition) is 4. The fourth-order valence-corrected chi connectivity index (χ4v) is 3.96. The Labute approximate surface area is 182 Å². The number of carbonyl (C=O) groups is 2. The van der Waals surface area contributed by atoms with Crippen molar-refractivity contribution < 1.29 is 19.4 Å². The maximum absolute atomic E-state index is 12.8. The number of esters is 1. The van der Waals surface area contributed by atoms with Gasteiger partial charge in [0.05, 0.1) is 23.8 Å². The molecule has 2 aromatic carbocycles. The fraction of sp³-hybridized carbons (Fsp3) is 0.190. The van der Waals surface area contributed by atoms with Gasteiger partial charge in [-0.15, -0.1) is 0 Å². The van der Waals surface area contributed by atoms with Gasteiger partial charge in [-0.2, -0.15) is 0 Å². The third kappa shape index (κ3) is 4.33. The molecule has 3 rings (SSSR count). The summed E-state index contributed by atoms with van der Waals surface area (Å²) in [5.74, 6) is -1.46. The summed E-state index contributed by atoms with van der Waals surface area (Å²) in [4.78, 5) is 25.8. The van der Waals surface area contributed by atoms with E-state index in [1.54, 1.807) is 24.0 Å². The highest BCUT2D eigenvalue weighted by atomic mass is 79.9. The van der Waals surface area contributed by atoms with Crippen LogP contribution in [-0.4, -0.2) is 28.8 Å². The first-order valence-corrected chi connectivity index (χ1v) is 10.1. The molecule has 1 atom stereocenters. The van der Waals surface area contributed by atoms with Crippen molar-refractivity contribution in [3.05, 3.63) is 75.4 Å². The first-order chi connectivity index (χ1) is 13.8. The Balaban J connectivity index is 2.11. The lowest BCUT2D eigenvalue weighted by Crippen LogP contribution is -2.48. The quantitative estimate of drug-likeness (QED) is 0.490. The topological polar surface area (TPSA) is 78.9 Å². The van der Waals surface area contributed by atoms with Gasteiger partial charge in [-0.05, 0) is 62.0 Å². The smallest absolute Gasteiger partial charge is 0.338 e. The van der Waals surface area contributed by atoms with Crippen LogP contribution < -0.4 is 10.2 Å². The normalized spacial score (nSPS) is 16.4. The molecular formula is C21H19BrN2O4S. The van der Waals surface area contributed by atoms with Crippen molar-refractivity contribution in [2.75, 3.05) is 11.5 Å². The summed E-state index contributed by atoms with van der Waals surface area (Å²) < 4.78 is 6.18. The van der Waals surface area contributed by atoms with Crippen molar-refractivity contribution in [1.82, 2.24) is 5.32 Å². The van der Waals surface area contributed by atoms with Crippen LogP contribution in [0.5, 0.6) is 0 Å². The summed E-state index contributed by atoms with van der Waals surface area (Å²) in [7, 11) is 0. The lowest BCUT2D eigenvalue weighted by Gasteiger charge is -2.37. The number of rotatable bonds is 5. The molecule has 0 saturated carbocycles. The van der Waals surface area contributed by atoms with Gasteiger partial charge in [0.2, 0.25) is 0 Å². The first-order valence-electron chi connectivity index (χ1n) is 8.90.